The average Bonchev–Trinajstić information content (AvgIpc) is 2.86. The van der Waals surface area contributed by atoms with Gasteiger partial charge in [-0.05, 0) is 0 Å². The zero-order valence-corrected chi connectivity index (χ0v) is 15.0. The van der Waals surface area contributed by atoms with Crippen LogP contribution in [0.15, 0.2) is 0 Å². The van der Waals surface area contributed by atoms with Crippen LogP contribution in [-0.2, 0) is 23.7 Å². The summed E-state index contributed by atoms with van der Waals surface area (Å²) in [6.07, 6.45) is -9.55. The number of hydrogen-bond donors (Lipinski definition) is 4. The van der Waals surface area contributed by atoms with Gasteiger partial charge in [-0.2, -0.15) is 0 Å². The molecule has 9 nitrogen and oxygen atoms in total. The molecule has 9 atom stereocenters. The van der Waals surface area contributed by atoms with Crippen LogP contribution < -0.4 is 0 Å². The molecule has 2 fully saturated rings. The first-order valence-corrected chi connectivity index (χ1v) is 8.86. The molecule has 0 aromatic heterocycles. The second-order valence-electron chi connectivity index (χ2n) is 5.71. The number of hydrogen-bond acceptors (Lipinski definition) is 9. The Morgan fingerprint density at radius 2 is 1.76 bits per heavy atom. The summed E-state index contributed by atoms with van der Waals surface area (Å²) < 4.78 is 20.9. The summed E-state index contributed by atoms with van der Waals surface area (Å²) in [7, 11) is 0. The van der Waals surface area contributed by atoms with Crippen LogP contribution in [0.25, 0.3) is 0 Å². The molecule has 2 saturated heterocycles. The van der Waals surface area contributed by atoms with Crippen molar-refractivity contribution in [2.75, 3.05) is 18.4 Å². The zero-order chi connectivity index (χ0) is 18.8. The maximum Gasteiger partial charge on any atom is 0.293 e. The van der Waals surface area contributed by atoms with Crippen molar-refractivity contribution in [3.8, 4) is 0 Å². The third kappa shape index (κ3) is 4.16. The number of rotatable bonds is 7. The number of halogens is 3. The van der Waals surface area contributed by atoms with Gasteiger partial charge in [0.25, 0.3) is 6.47 Å². The molecule has 4 N–H and O–H groups in total. The van der Waals surface area contributed by atoms with Crippen LogP contribution in [0, 0.1) is 0 Å². The fraction of sp³-hybridized carbons (Fsp3) is 0.923. The van der Waals surface area contributed by atoms with Crippen molar-refractivity contribution in [2.45, 2.75) is 54.1 Å². The molecule has 0 bridgehead atoms. The molecule has 0 radical (unpaired) electrons. The van der Waals surface area contributed by atoms with Crippen molar-refractivity contribution in [1.29, 1.82) is 0 Å². The Hall–Kier alpha value is 0.0600. The summed E-state index contributed by atoms with van der Waals surface area (Å²) in [5.41, 5.74) is 0. The molecular weight excluding hydrogens is 406 g/mol. The number of ether oxygens (including phenoxy) is 4. The van der Waals surface area contributed by atoms with Gasteiger partial charge in [0.05, 0.1) is 17.1 Å². The highest BCUT2D eigenvalue weighted by Crippen LogP contribution is 2.38. The minimum Gasteiger partial charge on any atom is -0.465 e. The van der Waals surface area contributed by atoms with Crippen LogP contribution in [0.1, 0.15) is 0 Å². The first kappa shape index (κ1) is 21.4. The normalized spacial score (nSPS) is 47.6. The molecule has 0 spiro atoms. The highest BCUT2D eigenvalue weighted by molar-refractivity contribution is 6.21. The van der Waals surface area contributed by atoms with Crippen LogP contribution >= 0.6 is 34.8 Å². The second kappa shape index (κ2) is 8.83. The van der Waals surface area contributed by atoms with E-state index in [4.69, 9.17) is 49.0 Å². The molecule has 2 aliphatic rings. The molecule has 2 rings (SSSR count). The van der Waals surface area contributed by atoms with Gasteiger partial charge in [-0.25, -0.2) is 0 Å². The third-order valence-electron chi connectivity index (χ3n) is 4.11. The maximum atomic E-state index is 10.3. The van der Waals surface area contributed by atoms with Crippen LogP contribution in [0.2, 0.25) is 0 Å². The van der Waals surface area contributed by atoms with E-state index >= 15 is 0 Å². The number of carbonyl (C=O) groups is 1. The summed E-state index contributed by atoms with van der Waals surface area (Å²) in [6, 6.07) is 0. The minimum absolute atomic E-state index is 0.142. The second-order valence-corrected chi connectivity index (χ2v) is 6.79. The van der Waals surface area contributed by atoms with Gasteiger partial charge in [-0.1, -0.05) is 0 Å². The van der Waals surface area contributed by atoms with Crippen molar-refractivity contribution < 1.29 is 44.2 Å². The van der Waals surface area contributed by atoms with Crippen molar-refractivity contribution in [3.05, 3.63) is 0 Å². The van der Waals surface area contributed by atoms with Gasteiger partial charge in [0.2, 0.25) is 5.79 Å². The molecule has 0 aliphatic carbocycles. The largest absolute Gasteiger partial charge is 0.465 e. The molecule has 0 amide bonds. The fourth-order valence-electron chi connectivity index (χ4n) is 2.68. The van der Waals surface area contributed by atoms with Gasteiger partial charge in [0.15, 0.2) is 6.29 Å². The maximum absolute atomic E-state index is 10.3. The molecule has 146 valence electrons. The van der Waals surface area contributed by atoms with Gasteiger partial charge < -0.3 is 39.4 Å². The molecule has 25 heavy (non-hydrogen) atoms. The molecule has 2 unspecified atom stereocenters. The lowest BCUT2D eigenvalue weighted by molar-refractivity contribution is -0.357. The third-order valence-corrected chi connectivity index (χ3v) is 5.32. The standard InChI is InChI=1S/C13H19Cl3O9/c14-1-5-8(18)11(21)13(3-15,24-5)25-12-10(20)9(19)7(16)6(23-12)2-22-4-17/h4-12,18-21H,1-3H2/t5-,6?,7+,8-,9+,10?,11-,12-,13-/m1/s1. The van der Waals surface area contributed by atoms with E-state index in [1.807, 2.05) is 0 Å². The van der Waals surface area contributed by atoms with E-state index in [1.165, 1.54) is 0 Å². The summed E-state index contributed by atoms with van der Waals surface area (Å²) in [4.78, 5) is 10.3. The molecule has 2 aliphatic heterocycles. The Morgan fingerprint density at radius 1 is 1.08 bits per heavy atom. The molecule has 0 saturated carbocycles. The van der Waals surface area contributed by atoms with Gasteiger partial charge in [-0.3, -0.25) is 4.79 Å². The lowest BCUT2D eigenvalue weighted by Crippen LogP contribution is -2.61. The summed E-state index contributed by atoms with van der Waals surface area (Å²) in [5, 5.41) is 39.3. The molecule has 12 heteroatoms. The first-order chi connectivity index (χ1) is 11.8. The summed E-state index contributed by atoms with van der Waals surface area (Å²) in [6.45, 7) is -0.128. The van der Waals surface area contributed by atoms with Crippen molar-refractivity contribution in [3.63, 3.8) is 0 Å². The predicted molar refractivity (Wildman–Crippen MR) is 84.5 cm³/mol. The van der Waals surface area contributed by atoms with Crippen molar-refractivity contribution in [2.24, 2.45) is 0 Å². The Bertz CT molecular complexity index is 458. The number of aliphatic hydroxyl groups is 4. The van der Waals surface area contributed by atoms with E-state index in [9.17, 15) is 25.2 Å². The number of aliphatic hydroxyl groups excluding tert-OH is 4. The Balaban J connectivity index is 2.16. The lowest BCUT2D eigenvalue weighted by atomic mass is 10.0. The van der Waals surface area contributed by atoms with Crippen LogP contribution in [0.5, 0.6) is 0 Å². The van der Waals surface area contributed by atoms with E-state index in [2.05, 4.69) is 4.74 Å². The van der Waals surface area contributed by atoms with Crippen molar-refractivity contribution in [1.82, 2.24) is 0 Å². The number of alkyl halides is 3. The van der Waals surface area contributed by atoms with Gasteiger partial charge in [0.1, 0.15) is 43.2 Å². The molecule has 2 heterocycles. The van der Waals surface area contributed by atoms with Gasteiger partial charge in [0, 0.05) is 0 Å². The molecular formula is C13H19Cl3O9. The smallest absolute Gasteiger partial charge is 0.293 e. The van der Waals surface area contributed by atoms with Crippen LogP contribution in [-0.4, -0.2) is 99.3 Å². The molecule has 0 aromatic carbocycles. The Kier molecular flexibility index (Phi) is 7.55. The lowest BCUT2D eigenvalue weighted by Gasteiger charge is -2.43. The SMILES string of the molecule is O=COCC1O[C@H](O[C@@]2(CCl)O[C@H](CCl)[C@@H](O)[C@H]2O)C(O)[C@@H](O)[C@H]1Cl. The Labute approximate surface area is 158 Å². The summed E-state index contributed by atoms with van der Waals surface area (Å²) in [5.74, 6) is -2.50. The topological polar surface area (TPSA) is 135 Å². The fourth-order valence-corrected chi connectivity index (χ4v) is 3.49. The van der Waals surface area contributed by atoms with E-state index < -0.39 is 60.0 Å². The number of carbonyl (C=O) groups excluding carboxylic acids is 1. The highest BCUT2D eigenvalue weighted by atomic mass is 35.5. The average molecular weight is 426 g/mol. The summed E-state index contributed by atoms with van der Waals surface area (Å²) >= 11 is 17.5. The highest BCUT2D eigenvalue weighted by Gasteiger charge is 2.58. The minimum atomic E-state index is -1.93. The van der Waals surface area contributed by atoms with E-state index in [0.29, 0.717) is 0 Å². The van der Waals surface area contributed by atoms with Gasteiger partial charge in [-0.15, -0.1) is 34.8 Å². The van der Waals surface area contributed by atoms with Crippen LogP contribution in [0.4, 0.5) is 0 Å². The van der Waals surface area contributed by atoms with E-state index in [0.717, 1.165) is 0 Å². The van der Waals surface area contributed by atoms with Gasteiger partial charge >= 0.3 is 0 Å². The monoisotopic (exact) mass is 424 g/mol. The van der Waals surface area contributed by atoms with E-state index in [-0.39, 0.29) is 19.0 Å². The Morgan fingerprint density at radius 3 is 2.28 bits per heavy atom. The first-order valence-electron chi connectivity index (χ1n) is 7.36. The van der Waals surface area contributed by atoms with Crippen molar-refractivity contribution >= 4 is 41.3 Å². The van der Waals surface area contributed by atoms with Crippen LogP contribution in [0.3, 0.4) is 0 Å². The predicted octanol–water partition coefficient (Wildman–Crippen LogP) is -1.48. The quantitative estimate of drug-likeness (QED) is 0.285. The molecule has 0 aromatic rings. The zero-order valence-electron chi connectivity index (χ0n) is 12.8. The van der Waals surface area contributed by atoms with E-state index in [1.54, 1.807) is 0 Å².